The third-order valence-electron chi connectivity index (χ3n) is 2.01. The van der Waals surface area contributed by atoms with Crippen molar-refractivity contribution in [3.63, 3.8) is 0 Å². The molecule has 0 amide bonds. The first-order valence-electron chi connectivity index (χ1n) is 4.89. The molecular formula is C12H20N2O. The summed E-state index contributed by atoms with van der Waals surface area (Å²) in [6, 6.07) is 0. The van der Waals surface area contributed by atoms with Crippen molar-refractivity contribution in [3.8, 4) is 0 Å². The van der Waals surface area contributed by atoms with Gasteiger partial charge in [-0.15, -0.1) is 0 Å². The van der Waals surface area contributed by atoms with E-state index in [1.807, 2.05) is 6.92 Å². The van der Waals surface area contributed by atoms with E-state index in [-0.39, 0.29) is 5.76 Å². The first-order valence-corrected chi connectivity index (χ1v) is 4.89. The van der Waals surface area contributed by atoms with Crippen LogP contribution < -0.4 is 11.5 Å². The lowest BCUT2D eigenvalue weighted by Crippen LogP contribution is -2.50. The van der Waals surface area contributed by atoms with Gasteiger partial charge in [0, 0.05) is 0 Å². The predicted octanol–water partition coefficient (Wildman–Crippen LogP) is 2.14. The zero-order valence-electron chi connectivity index (χ0n) is 9.40. The summed E-state index contributed by atoms with van der Waals surface area (Å²) >= 11 is 0. The highest BCUT2D eigenvalue weighted by Gasteiger charge is 2.20. The smallest absolute Gasteiger partial charge is 0.0897 e. The van der Waals surface area contributed by atoms with Gasteiger partial charge in [0.15, 0.2) is 0 Å². The lowest BCUT2D eigenvalue weighted by Gasteiger charge is -2.24. The van der Waals surface area contributed by atoms with Gasteiger partial charge in [-0.2, -0.15) is 0 Å². The Hall–Kier alpha value is -1.32. The number of hydrogen-bond acceptors (Lipinski definition) is 3. The summed E-state index contributed by atoms with van der Waals surface area (Å²) in [4.78, 5) is 0. The Kier molecular flexibility index (Phi) is 5.67. The topological polar surface area (TPSA) is 72.3 Å². The van der Waals surface area contributed by atoms with E-state index in [1.165, 1.54) is 0 Å². The van der Waals surface area contributed by atoms with Gasteiger partial charge in [-0.3, -0.25) is 0 Å². The van der Waals surface area contributed by atoms with Crippen molar-refractivity contribution in [1.29, 1.82) is 0 Å². The van der Waals surface area contributed by atoms with Gasteiger partial charge in [-0.1, -0.05) is 37.8 Å². The van der Waals surface area contributed by atoms with E-state index in [4.69, 9.17) is 11.5 Å². The normalized spacial score (nSPS) is 14.7. The third kappa shape index (κ3) is 5.20. The quantitative estimate of drug-likeness (QED) is 0.368. The molecule has 15 heavy (non-hydrogen) atoms. The molecule has 0 aromatic heterocycles. The van der Waals surface area contributed by atoms with Crippen molar-refractivity contribution >= 4 is 0 Å². The van der Waals surface area contributed by atoms with E-state index in [9.17, 15) is 5.11 Å². The molecule has 0 saturated carbocycles. The molecule has 0 heterocycles. The summed E-state index contributed by atoms with van der Waals surface area (Å²) in [5.74, 6) is 0.182. The Morgan fingerprint density at radius 3 is 2.40 bits per heavy atom. The molecule has 0 aliphatic rings. The third-order valence-corrected chi connectivity index (χ3v) is 2.01. The molecule has 3 nitrogen and oxygen atoms in total. The number of nitrogens with two attached hydrogens (primary N) is 2. The molecule has 0 atom stereocenters. The second-order valence-electron chi connectivity index (χ2n) is 3.42. The van der Waals surface area contributed by atoms with Crippen LogP contribution in [0.15, 0.2) is 48.3 Å². The van der Waals surface area contributed by atoms with Crippen LogP contribution in [0.1, 0.15) is 20.3 Å². The Labute approximate surface area is 91.5 Å². The molecule has 0 aromatic carbocycles. The van der Waals surface area contributed by atoms with E-state index >= 15 is 0 Å². The minimum atomic E-state index is -0.921. The fourth-order valence-corrected chi connectivity index (χ4v) is 1.00. The summed E-state index contributed by atoms with van der Waals surface area (Å²) in [6.45, 7) is 7.03. The molecule has 0 bridgehead atoms. The van der Waals surface area contributed by atoms with Crippen LogP contribution in [0.4, 0.5) is 0 Å². The van der Waals surface area contributed by atoms with Crippen molar-refractivity contribution in [3.05, 3.63) is 48.3 Å². The van der Waals surface area contributed by atoms with Crippen LogP contribution in [0.2, 0.25) is 0 Å². The number of allylic oxidation sites excluding steroid dienone is 5. The Bertz CT molecular complexity index is 295. The van der Waals surface area contributed by atoms with Gasteiger partial charge < -0.3 is 16.6 Å². The number of rotatable bonds is 5. The number of aliphatic hydroxyl groups is 1. The Balaban J connectivity index is 5.06. The van der Waals surface area contributed by atoms with Crippen molar-refractivity contribution < 1.29 is 5.11 Å². The fraction of sp³-hybridized carbons (Fsp3) is 0.333. The van der Waals surface area contributed by atoms with Crippen molar-refractivity contribution in [2.45, 2.75) is 25.9 Å². The highest BCUT2D eigenvalue weighted by atomic mass is 16.3. The van der Waals surface area contributed by atoms with Gasteiger partial charge in [-0.05, 0) is 25.0 Å². The van der Waals surface area contributed by atoms with Crippen LogP contribution in [0, 0.1) is 0 Å². The summed E-state index contributed by atoms with van der Waals surface area (Å²) in [5.41, 5.74) is 11.5. The molecule has 0 aromatic rings. The van der Waals surface area contributed by atoms with Gasteiger partial charge in [0.1, 0.15) is 0 Å². The summed E-state index contributed by atoms with van der Waals surface area (Å²) < 4.78 is 0. The van der Waals surface area contributed by atoms with Crippen LogP contribution in [0.25, 0.3) is 0 Å². The van der Waals surface area contributed by atoms with Crippen LogP contribution >= 0.6 is 0 Å². The van der Waals surface area contributed by atoms with Gasteiger partial charge in [0.05, 0.1) is 11.4 Å². The molecule has 0 radical (unpaired) electrons. The maximum atomic E-state index is 9.20. The second-order valence-corrected chi connectivity index (χ2v) is 3.42. The molecule has 0 unspecified atom stereocenters. The fourth-order valence-electron chi connectivity index (χ4n) is 1.00. The minimum Gasteiger partial charge on any atom is -0.513 e. The maximum absolute atomic E-state index is 9.20. The molecule has 0 spiro atoms. The van der Waals surface area contributed by atoms with Gasteiger partial charge in [0.25, 0.3) is 0 Å². The predicted molar refractivity (Wildman–Crippen MR) is 65.2 cm³/mol. The number of hydrogen-bond donors (Lipinski definition) is 3. The largest absolute Gasteiger partial charge is 0.513 e. The molecular weight excluding hydrogens is 188 g/mol. The van der Waals surface area contributed by atoms with Crippen LogP contribution in [0.3, 0.4) is 0 Å². The molecule has 5 N–H and O–H groups in total. The molecule has 3 heteroatoms. The number of aliphatic hydroxyl groups excluding tert-OH is 1. The molecule has 0 aliphatic carbocycles. The van der Waals surface area contributed by atoms with E-state index < -0.39 is 5.66 Å². The van der Waals surface area contributed by atoms with Crippen molar-refractivity contribution in [2.75, 3.05) is 0 Å². The van der Waals surface area contributed by atoms with Gasteiger partial charge in [0.2, 0.25) is 0 Å². The second kappa shape index (κ2) is 6.22. The maximum Gasteiger partial charge on any atom is 0.0897 e. The SMILES string of the molecule is C=C\C=C/C=C(\C=C(\C)O)C(N)(N)CC. The summed E-state index contributed by atoms with van der Waals surface area (Å²) in [6.07, 6.45) is 9.13. The summed E-state index contributed by atoms with van der Waals surface area (Å²) in [5, 5.41) is 9.20. The van der Waals surface area contributed by atoms with Crippen LogP contribution in [-0.2, 0) is 0 Å². The minimum absolute atomic E-state index is 0.182. The average Bonchev–Trinajstić information content (AvgIpc) is 2.16. The van der Waals surface area contributed by atoms with E-state index in [2.05, 4.69) is 6.58 Å². The Morgan fingerprint density at radius 2 is 2.00 bits per heavy atom. The van der Waals surface area contributed by atoms with Crippen molar-refractivity contribution in [1.82, 2.24) is 0 Å². The van der Waals surface area contributed by atoms with E-state index in [0.29, 0.717) is 12.0 Å². The Morgan fingerprint density at radius 1 is 1.40 bits per heavy atom. The molecule has 0 fully saturated rings. The first-order chi connectivity index (χ1) is 6.94. The highest BCUT2D eigenvalue weighted by Crippen LogP contribution is 2.15. The van der Waals surface area contributed by atoms with Crippen molar-refractivity contribution in [2.24, 2.45) is 11.5 Å². The van der Waals surface area contributed by atoms with Gasteiger partial charge >= 0.3 is 0 Å². The van der Waals surface area contributed by atoms with Gasteiger partial charge in [-0.25, -0.2) is 0 Å². The highest BCUT2D eigenvalue weighted by molar-refractivity contribution is 5.33. The molecule has 84 valence electrons. The molecule has 0 aliphatic heterocycles. The first kappa shape index (κ1) is 13.7. The zero-order valence-corrected chi connectivity index (χ0v) is 9.40. The molecule has 0 rings (SSSR count). The lowest BCUT2D eigenvalue weighted by molar-refractivity contribution is 0.410. The molecule has 0 saturated heterocycles. The zero-order chi connectivity index (χ0) is 11.9. The average molecular weight is 208 g/mol. The summed E-state index contributed by atoms with van der Waals surface area (Å²) in [7, 11) is 0. The standard InChI is InChI=1S/C12H20N2O/c1-4-6-7-8-11(9-10(3)15)12(13,14)5-2/h4,6-9,15H,1,5,13-14H2,2-3H3/b7-6-,10-9-,11-8+. The van der Waals surface area contributed by atoms with E-state index in [1.54, 1.807) is 37.3 Å². The lowest BCUT2D eigenvalue weighted by atomic mass is 9.97. The van der Waals surface area contributed by atoms with E-state index in [0.717, 1.165) is 0 Å². The van der Waals surface area contributed by atoms with Crippen LogP contribution in [0.5, 0.6) is 0 Å². The van der Waals surface area contributed by atoms with Crippen LogP contribution in [-0.4, -0.2) is 10.8 Å². The monoisotopic (exact) mass is 208 g/mol.